The number of hydrogen-bond acceptors (Lipinski definition) is 3. The summed E-state index contributed by atoms with van der Waals surface area (Å²) in [6.45, 7) is 2.16. The molecule has 1 saturated heterocycles. The molecular weight excluding hydrogens is 262 g/mol. The summed E-state index contributed by atoms with van der Waals surface area (Å²) in [5, 5.41) is 3.15. The molecule has 0 spiro atoms. The van der Waals surface area contributed by atoms with E-state index in [2.05, 4.69) is 34.5 Å². The fourth-order valence-corrected chi connectivity index (χ4v) is 3.64. The summed E-state index contributed by atoms with van der Waals surface area (Å²) in [7, 11) is 0. The van der Waals surface area contributed by atoms with Crippen molar-refractivity contribution >= 4 is 5.91 Å². The standard InChI is InChI=1S/C17H25N3O/c18-16-11-20(10-15(16)13-6-2-1-3-7-13)12-17(21)19-14-8-4-5-9-14/h1-3,6-7,14-16H,4-5,8-12,18H2,(H,19,21)/t15-,16+/m0/s1. The number of benzene rings is 1. The molecule has 1 amide bonds. The van der Waals surface area contributed by atoms with E-state index in [-0.39, 0.29) is 11.9 Å². The Morgan fingerprint density at radius 3 is 2.62 bits per heavy atom. The third kappa shape index (κ3) is 3.63. The van der Waals surface area contributed by atoms with Crippen molar-refractivity contribution in [2.24, 2.45) is 5.73 Å². The minimum Gasteiger partial charge on any atom is -0.352 e. The Kier molecular flexibility index (Phi) is 4.56. The molecule has 1 aromatic rings. The van der Waals surface area contributed by atoms with Gasteiger partial charge in [-0.15, -0.1) is 0 Å². The highest BCUT2D eigenvalue weighted by molar-refractivity contribution is 5.78. The topological polar surface area (TPSA) is 58.4 Å². The van der Waals surface area contributed by atoms with Crippen molar-refractivity contribution < 1.29 is 4.79 Å². The van der Waals surface area contributed by atoms with Gasteiger partial charge in [0.2, 0.25) is 5.91 Å². The molecule has 0 aromatic heterocycles. The van der Waals surface area contributed by atoms with Gasteiger partial charge in [0, 0.05) is 31.1 Å². The molecule has 3 rings (SSSR count). The largest absolute Gasteiger partial charge is 0.352 e. The molecule has 4 heteroatoms. The first-order chi connectivity index (χ1) is 10.2. The minimum absolute atomic E-state index is 0.117. The van der Waals surface area contributed by atoms with Crippen molar-refractivity contribution in [3.8, 4) is 0 Å². The third-order valence-corrected chi connectivity index (χ3v) is 4.76. The predicted molar refractivity (Wildman–Crippen MR) is 84.0 cm³/mol. The lowest BCUT2D eigenvalue weighted by atomic mass is 9.95. The summed E-state index contributed by atoms with van der Waals surface area (Å²) in [5.41, 5.74) is 7.55. The monoisotopic (exact) mass is 287 g/mol. The van der Waals surface area contributed by atoms with Gasteiger partial charge in [0.15, 0.2) is 0 Å². The van der Waals surface area contributed by atoms with Gasteiger partial charge in [-0.3, -0.25) is 9.69 Å². The average molecular weight is 287 g/mol. The zero-order valence-corrected chi connectivity index (χ0v) is 12.5. The van der Waals surface area contributed by atoms with Crippen molar-refractivity contribution in [3.05, 3.63) is 35.9 Å². The molecular formula is C17H25N3O. The van der Waals surface area contributed by atoms with Crippen LogP contribution in [-0.2, 0) is 4.79 Å². The van der Waals surface area contributed by atoms with E-state index >= 15 is 0 Å². The molecule has 2 atom stereocenters. The second-order valence-electron chi connectivity index (χ2n) is 6.42. The second kappa shape index (κ2) is 6.58. The molecule has 1 heterocycles. The van der Waals surface area contributed by atoms with Crippen LogP contribution >= 0.6 is 0 Å². The van der Waals surface area contributed by atoms with E-state index in [4.69, 9.17) is 5.73 Å². The zero-order chi connectivity index (χ0) is 14.7. The van der Waals surface area contributed by atoms with Crippen molar-refractivity contribution in [3.63, 3.8) is 0 Å². The summed E-state index contributed by atoms with van der Waals surface area (Å²) >= 11 is 0. The first-order valence-corrected chi connectivity index (χ1v) is 8.04. The van der Waals surface area contributed by atoms with Gasteiger partial charge in [-0.25, -0.2) is 0 Å². The first kappa shape index (κ1) is 14.5. The number of carbonyl (C=O) groups is 1. The summed E-state index contributed by atoms with van der Waals surface area (Å²) in [6, 6.07) is 10.9. The Morgan fingerprint density at radius 1 is 1.19 bits per heavy atom. The maximum absolute atomic E-state index is 12.1. The fourth-order valence-electron chi connectivity index (χ4n) is 3.64. The van der Waals surface area contributed by atoms with E-state index in [1.165, 1.54) is 18.4 Å². The Bertz CT molecular complexity index is 470. The minimum atomic E-state index is 0.117. The van der Waals surface area contributed by atoms with Crippen LogP contribution < -0.4 is 11.1 Å². The first-order valence-electron chi connectivity index (χ1n) is 8.04. The molecule has 0 radical (unpaired) electrons. The van der Waals surface area contributed by atoms with Crippen molar-refractivity contribution in [2.75, 3.05) is 19.6 Å². The van der Waals surface area contributed by atoms with Gasteiger partial charge in [-0.2, -0.15) is 0 Å². The van der Waals surface area contributed by atoms with E-state index < -0.39 is 0 Å². The number of rotatable bonds is 4. The van der Waals surface area contributed by atoms with E-state index in [1.54, 1.807) is 0 Å². The summed E-state index contributed by atoms with van der Waals surface area (Å²) in [4.78, 5) is 14.3. The van der Waals surface area contributed by atoms with Crippen LogP contribution in [0, 0.1) is 0 Å². The van der Waals surface area contributed by atoms with Gasteiger partial charge < -0.3 is 11.1 Å². The maximum Gasteiger partial charge on any atom is 0.234 e. The van der Waals surface area contributed by atoms with Gasteiger partial charge in [0.05, 0.1) is 6.54 Å². The van der Waals surface area contributed by atoms with E-state index in [9.17, 15) is 4.79 Å². The Balaban J connectivity index is 1.52. The molecule has 0 unspecified atom stereocenters. The number of nitrogens with zero attached hydrogens (tertiary/aromatic N) is 1. The van der Waals surface area contributed by atoms with Crippen LogP contribution in [0.25, 0.3) is 0 Å². The van der Waals surface area contributed by atoms with Crippen molar-refractivity contribution in [1.29, 1.82) is 0 Å². The smallest absolute Gasteiger partial charge is 0.234 e. The molecule has 2 aliphatic rings. The van der Waals surface area contributed by atoms with Crippen LogP contribution in [0.2, 0.25) is 0 Å². The molecule has 2 fully saturated rings. The quantitative estimate of drug-likeness (QED) is 0.882. The highest BCUT2D eigenvalue weighted by atomic mass is 16.2. The SMILES string of the molecule is N[C@@H]1CN(CC(=O)NC2CCCC2)C[C@H]1c1ccccc1. The molecule has 1 aromatic carbocycles. The molecule has 3 N–H and O–H groups in total. The molecule has 0 bridgehead atoms. The third-order valence-electron chi connectivity index (χ3n) is 4.76. The molecule has 1 aliphatic heterocycles. The highest BCUT2D eigenvalue weighted by Crippen LogP contribution is 2.26. The number of carbonyl (C=O) groups excluding carboxylic acids is 1. The Hall–Kier alpha value is -1.39. The molecule has 1 aliphatic carbocycles. The normalized spacial score (nSPS) is 27.1. The number of likely N-dealkylation sites (tertiary alicyclic amines) is 1. The summed E-state index contributed by atoms with van der Waals surface area (Å²) in [6.07, 6.45) is 4.76. The maximum atomic E-state index is 12.1. The number of nitrogens with one attached hydrogen (secondary N) is 1. The Labute approximate surface area is 126 Å². The summed E-state index contributed by atoms with van der Waals surface area (Å²) < 4.78 is 0. The average Bonchev–Trinajstić information content (AvgIpc) is 3.09. The van der Waals surface area contributed by atoms with Gasteiger partial charge in [0.25, 0.3) is 0 Å². The van der Waals surface area contributed by atoms with E-state index in [1.807, 2.05) is 6.07 Å². The lowest BCUT2D eigenvalue weighted by Crippen LogP contribution is -2.41. The Morgan fingerprint density at radius 2 is 1.90 bits per heavy atom. The van der Waals surface area contributed by atoms with Crippen LogP contribution in [0.15, 0.2) is 30.3 Å². The molecule has 21 heavy (non-hydrogen) atoms. The van der Waals surface area contributed by atoms with Crippen LogP contribution in [-0.4, -0.2) is 42.5 Å². The fraction of sp³-hybridized carbons (Fsp3) is 0.588. The van der Waals surface area contributed by atoms with Crippen molar-refractivity contribution in [1.82, 2.24) is 10.2 Å². The predicted octanol–water partition coefficient (Wildman–Crippen LogP) is 1.47. The summed E-state index contributed by atoms with van der Waals surface area (Å²) in [5.74, 6) is 0.494. The van der Waals surface area contributed by atoms with Crippen LogP contribution in [0.1, 0.15) is 37.2 Å². The second-order valence-corrected chi connectivity index (χ2v) is 6.42. The van der Waals surface area contributed by atoms with Crippen LogP contribution in [0.4, 0.5) is 0 Å². The van der Waals surface area contributed by atoms with Crippen molar-refractivity contribution in [2.45, 2.75) is 43.7 Å². The number of nitrogens with two attached hydrogens (primary N) is 1. The lowest BCUT2D eigenvalue weighted by molar-refractivity contribution is -0.122. The van der Waals surface area contributed by atoms with E-state index in [0.29, 0.717) is 18.5 Å². The zero-order valence-electron chi connectivity index (χ0n) is 12.5. The molecule has 4 nitrogen and oxygen atoms in total. The van der Waals surface area contributed by atoms with E-state index in [0.717, 1.165) is 25.9 Å². The molecule has 114 valence electrons. The molecule has 1 saturated carbocycles. The highest BCUT2D eigenvalue weighted by Gasteiger charge is 2.32. The lowest BCUT2D eigenvalue weighted by Gasteiger charge is -2.18. The number of hydrogen-bond donors (Lipinski definition) is 2. The van der Waals surface area contributed by atoms with Gasteiger partial charge in [0.1, 0.15) is 0 Å². The number of amides is 1. The van der Waals surface area contributed by atoms with Crippen LogP contribution in [0.5, 0.6) is 0 Å². The van der Waals surface area contributed by atoms with Gasteiger partial charge >= 0.3 is 0 Å². The van der Waals surface area contributed by atoms with Crippen LogP contribution in [0.3, 0.4) is 0 Å². The van der Waals surface area contributed by atoms with Gasteiger partial charge in [-0.05, 0) is 18.4 Å². The van der Waals surface area contributed by atoms with Gasteiger partial charge in [-0.1, -0.05) is 43.2 Å².